The van der Waals surface area contributed by atoms with Gasteiger partial charge in [-0.3, -0.25) is 9.59 Å². The molecule has 1 aliphatic heterocycles. The van der Waals surface area contributed by atoms with Crippen LogP contribution in [-0.2, 0) is 6.42 Å². The molecule has 1 aliphatic rings. The highest BCUT2D eigenvalue weighted by Gasteiger charge is 2.24. The van der Waals surface area contributed by atoms with Crippen LogP contribution in [0.5, 0.6) is 0 Å². The van der Waals surface area contributed by atoms with Gasteiger partial charge >= 0.3 is 0 Å². The molecule has 0 saturated heterocycles. The van der Waals surface area contributed by atoms with Crippen molar-refractivity contribution in [2.45, 2.75) is 19.8 Å². The van der Waals surface area contributed by atoms with Gasteiger partial charge in [-0.05, 0) is 79.9 Å². The molecule has 29 heavy (non-hydrogen) atoms. The van der Waals surface area contributed by atoms with E-state index in [4.69, 9.17) is 0 Å². The smallest absolute Gasteiger partial charge is 0.258 e. The summed E-state index contributed by atoms with van der Waals surface area (Å²) in [6.45, 7) is 2.69. The van der Waals surface area contributed by atoms with E-state index in [-0.39, 0.29) is 11.8 Å². The molecular weight excluding hydrogens is 428 g/mol. The largest absolute Gasteiger partial charge is 0.322 e. The Labute approximate surface area is 178 Å². The van der Waals surface area contributed by atoms with Crippen LogP contribution >= 0.6 is 15.9 Å². The fourth-order valence-corrected chi connectivity index (χ4v) is 3.80. The molecule has 1 N–H and O–H groups in total. The van der Waals surface area contributed by atoms with Crippen molar-refractivity contribution in [1.82, 2.24) is 0 Å². The number of hydrogen-bond donors (Lipinski definition) is 1. The second-order valence-electron chi connectivity index (χ2n) is 7.23. The molecule has 0 fully saturated rings. The molecule has 0 saturated carbocycles. The highest BCUT2D eigenvalue weighted by molar-refractivity contribution is 9.10. The van der Waals surface area contributed by atoms with Gasteiger partial charge < -0.3 is 10.2 Å². The van der Waals surface area contributed by atoms with E-state index >= 15 is 0 Å². The number of rotatable bonds is 3. The van der Waals surface area contributed by atoms with Crippen molar-refractivity contribution in [1.29, 1.82) is 0 Å². The van der Waals surface area contributed by atoms with E-state index < -0.39 is 0 Å². The Morgan fingerprint density at radius 2 is 1.62 bits per heavy atom. The van der Waals surface area contributed by atoms with Crippen LogP contribution < -0.4 is 10.2 Å². The molecule has 4 rings (SSSR count). The first kappa shape index (κ1) is 19.4. The van der Waals surface area contributed by atoms with Crippen LogP contribution in [0.1, 0.15) is 38.3 Å². The Hall–Kier alpha value is -2.92. The molecule has 1 heterocycles. The van der Waals surface area contributed by atoms with Gasteiger partial charge in [-0.1, -0.05) is 33.6 Å². The van der Waals surface area contributed by atoms with Crippen LogP contribution in [0.25, 0.3) is 0 Å². The van der Waals surface area contributed by atoms with Gasteiger partial charge in [0.1, 0.15) is 0 Å². The monoisotopic (exact) mass is 448 g/mol. The minimum atomic E-state index is -0.155. The zero-order valence-electron chi connectivity index (χ0n) is 16.1. The van der Waals surface area contributed by atoms with Crippen molar-refractivity contribution < 1.29 is 9.59 Å². The Bertz CT molecular complexity index is 1060. The van der Waals surface area contributed by atoms with Gasteiger partial charge in [0.2, 0.25) is 0 Å². The molecule has 146 valence electrons. The summed E-state index contributed by atoms with van der Waals surface area (Å²) in [5.74, 6) is -0.157. The lowest BCUT2D eigenvalue weighted by molar-refractivity contribution is 0.0984. The van der Waals surface area contributed by atoms with E-state index in [2.05, 4.69) is 21.2 Å². The fourth-order valence-electron chi connectivity index (χ4n) is 3.54. The Morgan fingerprint density at radius 3 is 2.34 bits per heavy atom. The number of carbonyl (C=O) groups excluding carboxylic acids is 2. The maximum atomic E-state index is 13.0. The first-order valence-electron chi connectivity index (χ1n) is 9.59. The standard InChI is InChI=1S/C24H21BrN2O2/c1-16-4-6-17(7-5-16)24(29)27-14-2-3-18-15-19(8-13-22(18)27)23(28)26-21-11-9-20(25)10-12-21/h4-13,15H,2-3,14H2,1H3,(H,26,28). The molecule has 3 aromatic carbocycles. The number of carbonyl (C=O) groups is 2. The maximum Gasteiger partial charge on any atom is 0.258 e. The first-order chi connectivity index (χ1) is 14.0. The predicted octanol–water partition coefficient (Wildman–Crippen LogP) is 5.60. The van der Waals surface area contributed by atoms with Crippen molar-refractivity contribution in [2.75, 3.05) is 16.8 Å². The number of nitrogens with zero attached hydrogens (tertiary/aromatic N) is 1. The third-order valence-electron chi connectivity index (χ3n) is 5.11. The zero-order valence-corrected chi connectivity index (χ0v) is 17.7. The number of anilines is 2. The highest BCUT2D eigenvalue weighted by Crippen LogP contribution is 2.30. The average Bonchev–Trinajstić information content (AvgIpc) is 2.74. The van der Waals surface area contributed by atoms with E-state index in [0.29, 0.717) is 17.7 Å². The minimum absolute atomic E-state index is 0.00184. The van der Waals surface area contributed by atoms with Gasteiger partial charge in [0.15, 0.2) is 0 Å². The maximum absolute atomic E-state index is 13.0. The zero-order chi connectivity index (χ0) is 20.4. The summed E-state index contributed by atoms with van der Waals surface area (Å²) in [4.78, 5) is 27.5. The van der Waals surface area contributed by atoms with Crippen molar-refractivity contribution >= 4 is 39.1 Å². The van der Waals surface area contributed by atoms with Crippen LogP contribution in [0.4, 0.5) is 11.4 Å². The molecule has 5 heteroatoms. The third kappa shape index (κ3) is 4.25. The SMILES string of the molecule is Cc1ccc(C(=O)N2CCCc3cc(C(=O)Nc4ccc(Br)cc4)ccc32)cc1. The van der Waals surface area contributed by atoms with Gasteiger partial charge in [-0.2, -0.15) is 0 Å². The highest BCUT2D eigenvalue weighted by atomic mass is 79.9. The van der Waals surface area contributed by atoms with Gasteiger partial charge in [-0.25, -0.2) is 0 Å². The molecule has 0 unspecified atom stereocenters. The first-order valence-corrected chi connectivity index (χ1v) is 10.4. The number of fused-ring (bicyclic) bond motifs is 1. The van der Waals surface area contributed by atoms with Crippen LogP contribution in [-0.4, -0.2) is 18.4 Å². The Morgan fingerprint density at radius 1 is 0.931 bits per heavy atom. The number of amides is 2. The van der Waals surface area contributed by atoms with E-state index in [0.717, 1.165) is 39.8 Å². The molecule has 0 radical (unpaired) electrons. The summed E-state index contributed by atoms with van der Waals surface area (Å²) in [6, 6.07) is 20.7. The predicted molar refractivity (Wildman–Crippen MR) is 120 cm³/mol. The molecule has 2 amide bonds. The minimum Gasteiger partial charge on any atom is -0.322 e. The van der Waals surface area contributed by atoms with Crippen molar-refractivity contribution in [3.63, 3.8) is 0 Å². The van der Waals surface area contributed by atoms with Crippen molar-refractivity contribution in [2.24, 2.45) is 0 Å². The summed E-state index contributed by atoms with van der Waals surface area (Å²) < 4.78 is 0.961. The van der Waals surface area contributed by atoms with Gasteiger partial charge in [0.25, 0.3) is 11.8 Å². The summed E-state index contributed by atoms with van der Waals surface area (Å²) >= 11 is 3.39. The lowest BCUT2D eigenvalue weighted by Gasteiger charge is -2.30. The number of hydrogen-bond acceptors (Lipinski definition) is 2. The lowest BCUT2D eigenvalue weighted by Crippen LogP contribution is -2.35. The molecule has 0 spiro atoms. The van der Waals surface area contributed by atoms with E-state index in [1.807, 2.05) is 72.5 Å². The molecule has 0 bridgehead atoms. The van der Waals surface area contributed by atoms with Crippen LogP contribution in [0.2, 0.25) is 0 Å². The molecular formula is C24H21BrN2O2. The Balaban J connectivity index is 1.56. The summed E-state index contributed by atoms with van der Waals surface area (Å²) in [5.41, 5.74) is 5.06. The molecule has 0 aromatic heterocycles. The van der Waals surface area contributed by atoms with Gasteiger partial charge in [0.05, 0.1) is 0 Å². The van der Waals surface area contributed by atoms with Gasteiger partial charge in [0, 0.05) is 33.5 Å². The third-order valence-corrected chi connectivity index (χ3v) is 5.63. The van der Waals surface area contributed by atoms with Crippen LogP contribution in [0.3, 0.4) is 0 Å². The second-order valence-corrected chi connectivity index (χ2v) is 8.15. The molecule has 0 aliphatic carbocycles. The van der Waals surface area contributed by atoms with E-state index in [9.17, 15) is 9.59 Å². The fraction of sp³-hybridized carbons (Fsp3) is 0.167. The quantitative estimate of drug-likeness (QED) is 0.566. The Kier molecular flexibility index (Phi) is 5.49. The van der Waals surface area contributed by atoms with Crippen molar-refractivity contribution in [3.8, 4) is 0 Å². The molecule has 3 aromatic rings. The van der Waals surface area contributed by atoms with Gasteiger partial charge in [-0.15, -0.1) is 0 Å². The van der Waals surface area contributed by atoms with Crippen molar-refractivity contribution in [3.05, 3.63) is 93.5 Å². The summed E-state index contributed by atoms with van der Waals surface area (Å²) in [6.07, 6.45) is 1.73. The molecule has 0 atom stereocenters. The van der Waals surface area contributed by atoms with E-state index in [1.165, 1.54) is 0 Å². The number of benzene rings is 3. The number of nitrogens with one attached hydrogen (secondary N) is 1. The van der Waals surface area contributed by atoms with E-state index in [1.54, 1.807) is 6.07 Å². The average molecular weight is 449 g/mol. The lowest BCUT2D eigenvalue weighted by atomic mass is 9.98. The number of halogens is 1. The second kappa shape index (κ2) is 8.21. The summed E-state index contributed by atoms with van der Waals surface area (Å²) in [5, 5.41) is 2.92. The number of aryl methyl sites for hydroxylation is 2. The van der Waals surface area contributed by atoms with Crippen LogP contribution in [0, 0.1) is 6.92 Å². The molecule has 4 nitrogen and oxygen atoms in total. The van der Waals surface area contributed by atoms with Crippen LogP contribution in [0.15, 0.2) is 71.2 Å². The topological polar surface area (TPSA) is 49.4 Å². The normalized spacial score (nSPS) is 13.0. The summed E-state index contributed by atoms with van der Waals surface area (Å²) in [7, 11) is 0.